The van der Waals surface area contributed by atoms with Crippen LogP contribution in [0.15, 0.2) is 121 Å². The Balaban J connectivity index is 0.937. The van der Waals surface area contributed by atoms with Gasteiger partial charge in [0.25, 0.3) is 0 Å². The van der Waals surface area contributed by atoms with Gasteiger partial charge in [0.05, 0.1) is 0 Å². The number of urea groups is 2. The summed E-state index contributed by atoms with van der Waals surface area (Å²) < 4.78 is 0. The van der Waals surface area contributed by atoms with Crippen molar-refractivity contribution in [3.63, 3.8) is 0 Å². The van der Waals surface area contributed by atoms with Gasteiger partial charge in [-0.2, -0.15) is 0 Å². The molecule has 0 heterocycles. The molecule has 0 saturated carbocycles. The Bertz CT molecular complexity index is 5200. The first kappa shape index (κ1) is 69.2. The van der Waals surface area contributed by atoms with E-state index < -0.39 is 0 Å². The number of carbonyl (C=O) groups is 2. The summed E-state index contributed by atoms with van der Waals surface area (Å²) in [6.45, 7) is 34.6. The van der Waals surface area contributed by atoms with E-state index in [2.05, 4.69) is 240 Å². The van der Waals surface area contributed by atoms with E-state index in [9.17, 15) is 9.59 Å². The zero-order valence-corrected chi connectivity index (χ0v) is 63.9. The van der Waals surface area contributed by atoms with Gasteiger partial charge in [0.2, 0.25) is 0 Å². The lowest BCUT2D eigenvalue weighted by atomic mass is 9.70. The summed E-state index contributed by atoms with van der Waals surface area (Å²) >= 11 is 0. The second-order valence-electron chi connectivity index (χ2n) is 35.2. The summed E-state index contributed by atoms with van der Waals surface area (Å²) in [7, 11) is 0. The predicted molar refractivity (Wildman–Crippen MR) is 447 cm³/mol. The van der Waals surface area contributed by atoms with Crippen LogP contribution in [0, 0.1) is 0 Å². The molecule has 0 fully saturated rings. The van der Waals surface area contributed by atoms with E-state index >= 15 is 0 Å². The molecule has 0 unspecified atom stereocenters. The van der Waals surface area contributed by atoms with Crippen LogP contribution >= 0.6 is 0 Å². The minimum absolute atomic E-state index is 0.127. The van der Waals surface area contributed by atoms with Crippen LogP contribution in [0.1, 0.15) is 248 Å². The second-order valence-corrected chi connectivity index (χ2v) is 35.2. The highest BCUT2D eigenvalue weighted by Gasteiger charge is 2.35. The lowest BCUT2D eigenvalue weighted by molar-refractivity contribution is 0.251. The molecule has 0 aliphatic carbocycles. The Hall–Kier alpha value is -8.48. The van der Waals surface area contributed by atoms with E-state index in [1.807, 2.05) is 0 Å². The molecule has 15 aromatic rings. The molecule has 15 aromatic carbocycles. The second kappa shape index (κ2) is 27.0. The van der Waals surface area contributed by atoms with Gasteiger partial charge < -0.3 is 21.3 Å². The molecule has 0 spiro atoms. The molecule has 6 heteroatoms. The monoisotopic (exact) mass is 1350 g/mol. The molecule has 4 N–H and O–H groups in total. The molecular weight excluding hydrogens is 1240 g/mol. The number of hydrogen-bond acceptors (Lipinski definition) is 2. The molecule has 0 aliphatic heterocycles. The van der Waals surface area contributed by atoms with Crippen molar-refractivity contribution in [2.24, 2.45) is 0 Å². The van der Waals surface area contributed by atoms with Crippen LogP contribution in [0.3, 0.4) is 0 Å². The number of carbonyl (C=O) groups excluding carboxylic acids is 2. The minimum Gasteiger partial charge on any atom is -0.338 e. The Morgan fingerprint density at radius 2 is 0.441 bits per heavy atom. The first-order valence-electron chi connectivity index (χ1n) is 39.6. The van der Waals surface area contributed by atoms with Crippen LogP contribution in [-0.4, -0.2) is 25.2 Å². The van der Waals surface area contributed by atoms with Crippen molar-refractivity contribution in [2.75, 3.05) is 23.7 Å². The average molecular weight is 1350 g/mol. The molecule has 4 amide bonds. The zero-order chi connectivity index (χ0) is 71.3. The quantitative estimate of drug-likeness (QED) is 0.0248. The van der Waals surface area contributed by atoms with Crippen LogP contribution < -0.4 is 21.3 Å². The Morgan fingerprint density at radius 1 is 0.245 bits per heavy atom. The minimum atomic E-state index is -0.164. The third-order valence-electron chi connectivity index (χ3n) is 23.6. The summed E-state index contributed by atoms with van der Waals surface area (Å²) in [5.74, 6) is 0. The van der Waals surface area contributed by atoms with Gasteiger partial charge >= 0.3 is 12.1 Å². The number of hydrogen-bond donors (Lipinski definition) is 4. The number of anilines is 2. The average Bonchev–Trinajstić information content (AvgIpc) is 0.641. The molecule has 0 aromatic heterocycles. The maximum Gasteiger partial charge on any atom is 0.319 e. The van der Waals surface area contributed by atoms with Crippen LogP contribution in [-0.2, 0) is 21.7 Å². The zero-order valence-electron chi connectivity index (χ0n) is 63.9. The van der Waals surface area contributed by atoms with Crippen LogP contribution in [0.2, 0.25) is 0 Å². The van der Waals surface area contributed by atoms with E-state index in [0.29, 0.717) is 13.1 Å². The Morgan fingerprint density at radius 3 is 0.647 bits per heavy atom. The number of unbranched alkanes of at least 4 members (excludes halogenated alkanes) is 18. The van der Waals surface area contributed by atoms with Crippen LogP contribution in [0.4, 0.5) is 21.0 Å². The molecule has 6 nitrogen and oxygen atoms in total. The van der Waals surface area contributed by atoms with Gasteiger partial charge in [0.1, 0.15) is 0 Å². The highest BCUT2D eigenvalue weighted by molar-refractivity contribution is 6.61. The fraction of sp³-hybridized carbons (Fsp3) is 0.417. The highest BCUT2D eigenvalue weighted by Crippen LogP contribution is 2.62. The van der Waals surface area contributed by atoms with Crippen molar-refractivity contribution >= 4 is 153 Å². The third kappa shape index (κ3) is 12.4. The fourth-order valence-electron chi connectivity index (χ4n) is 17.8. The topological polar surface area (TPSA) is 82.3 Å². The van der Waals surface area contributed by atoms with Crippen LogP contribution in [0.25, 0.3) is 152 Å². The normalized spacial score (nSPS) is 13.2. The van der Waals surface area contributed by atoms with Gasteiger partial charge in [-0.3, -0.25) is 0 Å². The van der Waals surface area contributed by atoms with Crippen molar-refractivity contribution < 1.29 is 9.59 Å². The van der Waals surface area contributed by atoms with Gasteiger partial charge in [0.15, 0.2) is 0 Å². The molecule has 0 saturated heterocycles. The van der Waals surface area contributed by atoms with Crippen molar-refractivity contribution in [1.29, 1.82) is 0 Å². The van der Waals surface area contributed by atoms with Crippen molar-refractivity contribution in [2.45, 2.75) is 247 Å². The number of rotatable bonds is 26. The highest BCUT2D eigenvalue weighted by atomic mass is 16.2. The van der Waals surface area contributed by atoms with E-state index in [1.165, 1.54) is 254 Å². The molecule has 0 bridgehead atoms. The number of nitrogens with one attached hydrogen (secondary N) is 4. The number of benzene rings is 15. The maximum atomic E-state index is 13.5. The predicted octanol–water partition coefficient (Wildman–Crippen LogP) is 28.8. The molecule has 526 valence electrons. The van der Waals surface area contributed by atoms with E-state index in [-0.39, 0.29) is 33.7 Å². The third-order valence-corrected chi connectivity index (χ3v) is 23.6. The van der Waals surface area contributed by atoms with Gasteiger partial charge in [-0.25, -0.2) is 9.59 Å². The Kier molecular flexibility index (Phi) is 18.3. The molecule has 0 radical (unpaired) electrons. The smallest absolute Gasteiger partial charge is 0.319 e. The summed E-state index contributed by atoms with van der Waals surface area (Å²) in [5, 5.41) is 44.8. The standard InChI is InChI=1S/C96H110N4O2/c1-15-17-19-21-23-25-27-29-31-33-43-97-91(101)99-65-39-35-57(36-40-65)59-45-67-68-46-60(58-37-41-66(42-38-58)100-92(102)98-44-34-32-30-28-26-24-22-20-18-16-2)48-70-72-50-62(94(6,7)8)52-74-76-54-64(96(12,13)14)56-78-77-55-63(95(9,10)11)53-75-73-51-61(93(3,4)5)49-71-69(47-59)79(67)85-86(80(68)70)88(82(72)74)90(84(76)78)89(83(75)77)87(85)81(71)73/h35-42,45-56H,15-34,43-44H2,1-14H3,(H2,97,99,101)(H2,98,100,102). The lowest BCUT2D eigenvalue weighted by Crippen LogP contribution is -2.29. The van der Waals surface area contributed by atoms with Crippen molar-refractivity contribution in [1.82, 2.24) is 10.6 Å². The number of amides is 4. The molecule has 15 rings (SSSR count). The molecule has 0 aliphatic rings. The lowest BCUT2D eigenvalue weighted by Gasteiger charge is -2.32. The molecule has 102 heavy (non-hydrogen) atoms. The first-order valence-corrected chi connectivity index (χ1v) is 39.6. The van der Waals surface area contributed by atoms with Crippen LogP contribution in [0.5, 0.6) is 0 Å². The van der Waals surface area contributed by atoms with Crippen molar-refractivity contribution in [3.8, 4) is 22.3 Å². The van der Waals surface area contributed by atoms with Gasteiger partial charge in [-0.15, -0.1) is 0 Å². The molecular formula is C96H110N4O2. The first-order chi connectivity index (χ1) is 48.9. The fourth-order valence-corrected chi connectivity index (χ4v) is 17.8. The summed E-state index contributed by atoms with van der Waals surface area (Å²) in [4.78, 5) is 27.0. The van der Waals surface area contributed by atoms with Crippen molar-refractivity contribution in [3.05, 3.63) is 144 Å². The SMILES string of the molecule is CCCCCCCCCCCCNC(=O)Nc1ccc(-c2cc3c4cc(-c5ccc(NC(=O)NCCCCCCCCCCCC)cc5)cc5c6cc(C(C)(C)C)cc7c8cc(C(C)(C)C)cc9c%10cc(C(C)(C)C)cc%11c%12cc(C(C)(C)C)cc%13c(c2)c3c2c(c45)c(c67)c(c89)c(c%11%10)c2c%13%12)cc1. The van der Waals surface area contributed by atoms with E-state index in [0.717, 1.165) is 59.3 Å². The summed E-state index contributed by atoms with van der Waals surface area (Å²) in [5.41, 5.74) is 10.8. The molecule has 0 atom stereocenters. The summed E-state index contributed by atoms with van der Waals surface area (Å²) in [6, 6.07) is 47.6. The van der Waals surface area contributed by atoms with Gasteiger partial charge in [-0.1, -0.05) is 237 Å². The largest absolute Gasteiger partial charge is 0.338 e. The van der Waals surface area contributed by atoms with Gasteiger partial charge in [0, 0.05) is 24.5 Å². The Labute approximate surface area is 605 Å². The maximum absolute atomic E-state index is 13.5. The number of fused-ring (bicyclic) bond motifs is 6. The van der Waals surface area contributed by atoms with E-state index in [4.69, 9.17) is 0 Å². The van der Waals surface area contributed by atoms with E-state index in [1.54, 1.807) is 0 Å². The summed E-state index contributed by atoms with van der Waals surface area (Å²) in [6.07, 6.45) is 25.2. The van der Waals surface area contributed by atoms with Gasteiger partial charge in [-0.05, 0) is 305 Å².